The van der Waals surface area contributed by atoms with E-state index in [-0.39, 0.29) is 17.5 Å². The second-order valence-corrected chi connectivity index (χ2v) is 6.65. The maximum atomic E-state index is 13.1. The molecular weight excluding hydrogens is 455 g/mol. The van der Waals surface area contributed by atoms with Crippen molar-refractivity contribution in [3.05, 3.63) is 50.7 Å². The van der Waals surface area contributed by atoms with Crippen LogP contribution in [0.5, 0.6) is 17.2 Å². The molecule has 150 valence electrons. The fourth-order valence-corrected chi connectivity index (χ4v) is 3.17. The number of hydrazone groups is 1. The van der Waals surface area contributed by atoms with Gasteiger partial charge in [-0.3, -0.25) is 5.41 Å². The van der Waals surface area contributed by atoms with Crippen LogP contribution in [-0.2, 0) is 6.54 Å². The van der Waals surface area contributed by atoms with E-state index < -0.39 is 5.82 Å². The van der Waals surface area contributed by atoms with E-state index in [1.165, 1.54) is 45.7 Å². The minimum atomic E-state index is -0.504. The van der Waals surface area contributed by atoms with Crippen molar-refractivity contribution < 1.29 is 18.6 Å². The maximum absolute atomic E-state index is 13.1. The van der Waals surface area contributed by atoms with E-state index >= 15 is 0 Å². The number of nitrogens with one attached hydrogen (secondary N) is 3. The van der Waals surface area contributed by atoms with Crippen molar-refractivity contribution >= 4 is 39.7 Å². The van der Waals surface area contributed by atoms with Crippen LogP contribution in [0.4, 0.5) is 4.39 Å². The number of methoxy groups -OCH3 is 3. The Balaban J connectivity index is 2.03. The quantitative estimate of drug-likeness (QED) is 0.322. The number of rotatable bonds is 7. The molecular formula is C18H19BrClFN4O3. The molecule has 0 aliphatic heterocycles. The van der Waals surface area contributed by atoms with Gasteiger partial charge in [-0.2, -0.15) is 5.10 Å². The zero-order valence-electron chi connectivity index (χ0n) is 15.4. The normalized spacial score (nSPS) is 10.6. The summed E-state index contributed by atoms with van der Waals surface area (Å²) >= 11 is 9.14. The standard InChI is InChI=1S/C18H19BrClFN4O3/c1-26-15-11(7-12(19)16(27-2)17(15)28-3)9-23-18(22)25-24-8-10-4-5-14(21)13(20)6-10/h4-8H,9H2,1-3H3,(H3,22,23,25)/b24-8+. The van der Waals surface area contributed by atoms with Crippen LogP contribution in [0.1, 0.15) is 11.1 Å². The Labute approximate surface area is 175 Å². The molecule has 28 heavy (non-hydrogen) atoms. The van der Waals surface area contributed by atoms with Crippen LogP contribution in [0.2, 0.25) is 5.02 Å². The van der Waals surface area contributed by atoms with Gasteiger partial charge in [-0.15, -0.1) is 0 Å². The van der Waals surface area contributed by atoms with Crippen LogP contribution in [0.3, 0.4) is 0 Å². The summed E-state index contributed by atoms with van der Waals surface area (Å²) in [5.41, 5.74) is 3.87. The molecule has 3 N–H and O–H groups in total. The Kier molecular flexibility index (Phi) is 7.89. The van der Waals surface area contributed by atoms with E-state index in [9.17, 15) is 4.39 Å². The minimum absolute atomic E-state index is 0.00303. The number of benzene rings is 2. The predicted octanol–water partition coefficient (Wildman–Crippen LogP) is 3.92. The molecule has 0 radical (unpaired) electrons. The second kappa shape index (κ2) is 10.1. The van der Waals surface area contributed by atoms with E-state index in [0.717, 1.165) is 5.56 Å². The smallest absolute Gasteiger partial charge is 0.209 e. The first-order valence-corrected chi connectivity index (χ1v) is 9.12. The van der Waals surface area contributed by atoms with Gasteiger partial charge >= 0.3 is 0 Å². The third-order valence-corrected chi connectivity index (χ3v) is 4.50. The van der Waals surface area contributed by atoms with Gasteiger partial charge in [-0.25, -0.2) is 9.82 Å². The van der Waals surface area contributed by atoms with Crippen LogP contribution in [-0.4, -0.2) is 33.5 Å². The number of halogens is 3. The van der Waals surface area contributed by atoms with Crippen LogP contribution in [0.15, 0.2) is 33.8 Å². The predicted molar refractivity (Wildman–Crippen MR) is 111 cm³/mol. The van der Waals surface area contributed by atoms with Gasteiger partial charge in [0.05, 0.1) is 37.0 Å². The second-order valence-electron chi connectivity index (χ2n) is 5.39. The van der Waals surface area contributed by atoms with Crippen LogP contribution in [0, 0.1) is 11.2 Å². The van der Waals surface area contributed by atoms with Crippen molar-refractivity contribution in [3.63, 3.8) is 0 Å². The average molecular weight is 474 g/mol. The van der Waals surface area contributed by atoms with Crippen LogP contribution >= 0.6 is 27.5 Å². The molecule has 0 fully saturated rings. The first-order valence-electron chi connectivity index (χ1n) is 7.95. The number of ether oxygens (including phenoxy) is 3. The summed E-state index contributed by atoms with van der Waals surface area (Å²) in [5, 5.41) is 14.7. The molecule has 0 atom stereocenters. The molecule has 0 aliphatic carbocycles. The molecule has 0 bridgehead atoms. The molecule has 2 aromatic rings. The van der Waals surface area contributed by atoms with Crippen molar-refractivity contribution in [2.24, 2.45) is 5.10 Å². The fraction of sp³-hybridized carbons (Fsp3) is 0.222. The number of guanidine groups is 1. The largest absolute Gasteiger partial charge is 0.492 e. The van der Waals surface area contributed by atoms with E-state index in [1.807, 2.05) is 6.07 Å². The lowest BCUT2D eigenvalue weighted by molar-refractivity contribution is 0.320. The Morgan fingerprint density at radius 1 is 1.18 bits per heavy atom. The van der Waals surface area contributed by atoms with Crippen LogP contribution < -0.4 is 25.0 Å². The summed E-state index contributed by atoms with van der Waals surface area (Å²) in [5.74, 6) is 0.904. The van der Waals surface area contributed by atoms with Crippen molar-refractivity contribution in [1.29, 1.82) is 5.41 Å². The molecule has 0 aromatic heterocycles. The summed E-state index contributed by atoms with van der Waals surface area (Å²) < 4.78 is 30.0. The highest BCUT2D eigenvalue weighted by Gasteiger charge is 2.19. The molecule has 10 heteroatoms. The molecule has 0 saturated carbocycles. The molecule has 0 saturated heterocycles. The molecule has 2 aromatic carbocycles. The number of nitrogens with zero attached hydrogens (tertiary/aromatic N) is 1. The number of hydrogen-bond donors (Lipinski definition) is 3. The summed E-state index contributed by atoms with van der Waals surface area (Å²) in [7, 11) is 4.58. The zero-order valence-corrected chi connectivity index (χ0v) is 17.7. The summed E-state index contributed by atoms with van der Waals surface area (Å²) in [6.07, 6.45) is 1.43. The maximum Gasteiger partial charge on any atom is 0.209 e. The Morgan fingerprint density at radius 3 is 2.46 bits per heavy atom. The Morgan fingerprint density at radius 2 is 1.86 bits per heavy atom. The van der Waals surface area contributed by atoms with E-state index in [1.54, 1.807) is 0 Å². The first-order chi connectivity index (χ1) is 13.4. The summed E-state index contributed by atoms with van der Waals surface area (Å²) in [6.45, 7) is 0.270. The van der Waals surface area contributed by atoms with Gasteiger partial charge in [0.25, 0.3) is 0 Å². The van der Waals surface area contributed by atoms with Gasteiger partial charge < -0.3 is 19.5 Å². The highest BCUT2D eigenvalue weighted by molar-refractivity contribution is 9.10. The molecule has 0 aliphatic rings. The first kappa shape index (κ1) is 21.8. The molecule has 7 nitrogen and oxygen atoms in total. The molecule has 0 heterocycles. The molecule has 0 amide bonds. The van der Waals surface area contributed by atoms with Crippen molar-refractivity contribution in [3.8, 4) is 17.2 Å². The van der Waals surface area contributed by atoms with Crippen LogP contribution in [0.25, 0.3) is 0 Å². The average Bonchev–Trinajstić information content (AvgIpc) is 2.68. The molecule has 0 spiro atoms. The lowest BCUT2D eigenvalue weighted by Crippen LogP contribution is -2.32. The molecule has 0 unspecified atom stereocenters. The Hall–Kier alpha value is -2.52. The van der Waals surface area contributed by atoms with Gasteiger partial charge in [0.2, 0.25) is 11.7 Å². The van der Waals surface area contributed by atoms with Gasteiger partial charge in [0.15, 0.2) is 11.5 Å². The van der Waals surface area contributed by atoms with Crippen molar-refractivity contribution in [2.45, 2.75) is 6.54 Å². The zero-order chi connectivity index (χ0) is 20.7. The topological polar surface area (TPSA) is 88.0 Å². The Bertz CT molecular complexity index is 896. The monoisotopic (exact) mass is 472 g/mol. The summed E-state index contributed by atoms with van der Waals surface area (Å²) in [4.78, 5) is 0. The fourth-order valence-electron chi connectivity index (χ4n) is 2.36. The minimum Gasteiger partial charge on any atom is -0.492 e. The third kappa shape index (κ3) is 5.26. The lowest BCUT2D eigenvalue weighted by atomic mass is 10.1. The van der Waals surface area contributed by atoms with E-state index in [0.29, 0.717) is 27.3 Å². The van der Waals surface area contributed by atoms with Gasteiger partial charge in [0, 0.05) is 12.1 Å². The summed E-state index contributed by atoms with van der Waals surface area (Å²) in [6, 6.07) is 6.01. The van der Waals surface area contributed by atoms with Gasteiger partial charge in [-0.05, 0) is 39.7 Å². The third-order valence-electron chi connectivity index (χ3n) is 3.62. The highest BCUT2D eigenvalue weighted by Crippen LogP contribution is 2.44. The lowest BCUT2D eigenvalue weighted by Gasteiger charge is -2.18. The van der Waals surface area contributed by atoms with E-state index in [4.69, 9.17) is 31.2 Å². The number of hydrogen-bond acceptors (Lipinski definition) is 5. The SMILES string of the molecule is COc1c(Br)cc(CNC(=N)N/N=C/c2ccc(F)c(Cl)c2)c(OC)c1OC. The van der Waals surface area contributed by atoms with Gasteiger partial charge in [0.1, 0.15) is 5.82 Å². The molecule has 2 rings (SSSR count). The van der Waals surface area contributed by atoms with Crippen molar-refractivity contribution in [1.82, 2.24) is 10.7 Å². The highest BCUT2D eigenvalue weighted by atomic mass is 79.9. The van der Waals surface area contributed by atoms with Gasteiger partial charge in [-0.1, -0.05) is 17.7 Å². The van der Waals surface area contributed by atoms with Crippen molar-refractivity contribution in [2.75, 3.05) is 21.3 Å². The van der Waals surface area contributed by atoms with E-state index in [2.05, 4.69) is 31.8 Å².